The molecular formula is C22H30N4O4. The van der Waals surface area contributed by atoms with Crippen LogP contribution in [0.3, 0.4) is 0 Å². The van der Waals surface area contributed by atoms with Crippen molar-refractivity contribution in [3.05, 3.63) is 0 Å². The van der Waals surface area contributed by atoms with Crippen LogP contribution in [0.15, 0.2) is 10.2 Å². The van der Waals surface area contributed by atoms with Gasteiger partial charge in [-0.2, -0.15) is 20.2 Å². The van der Waals surface area contributed by atoms with E-state index in [2.05, 4.69) is 37.9 Å². The molecule has 2 amide bonds. The Bertz CT molecular complexity index is 908. The van der Waals surface area contributed by atoms with Gasteiger partial charge in [0.05, 0.1) is 11.8 Å². The number of aliphatic hydroxyl groups is 2. The molecule has 6 rings (SSSR count). The van der Waals surface area contributed by atoms with Crippen molar-refractivity contribution in [3.63, 3.8) is 0 Å². The van der Waals surface area contributed by atoms with Crippen molar-refractivity contribution in [3.8, 4) is 0 Å². The summed E-state index contributed by atoms with van der Waals surface area (Å²) in [5.74, 6) is -1.15. The third kappa shape index (κ3) is 1.80. The van der Waals surface area contributed by atoms with Gasteiger partial charge in [0.15, 0.2) is 11.4 Å². The van der Waals surface area contributed by atoms with E-state index in [0.717, 1.165) is 10.0 Å². The zero-order valence-electron chi connectivity index (χ0n) is 18.4. The molecule has 2 N–H and O–H groups in total. The second kappa shape index (κ2) is 4.83. The average Bonchev–Trinajstić information content (AvgIpc) is 3.07. The fourth-order valence-corrected chi connectivity index (χ4v) is 8.02. The highest BCUT2D eigenvalue weighted by molar-refractivity contribution is 6.35. The number of carbonyl (C=O) groups excluding carboxylic acids is 2. The lowest BCUT2D eigenvalue weighted by Crippen LogP contribution is -2.58. The zero-order chi connectivity index (χ0) is 21.8. The smallest absolute Gasteiger partial charge is 0.336 e. The maximum atomic E-state index is 13.3. The fourth-order valence-electron chi connectivity index (χ4n) is 8.02. The lowest BCUT2D eigenvalue weighted by Gasteiger charge is -2.37. The number of hydrogen-bond acceptors (Lipinski definition) is 6. The normalized spacial score (nSPS) is 50.4. The minimum Gasteiger partial charge on any atom is -0.368 e. The van der Waals surface area contributed by atoms with Crippen molar-refractivity contribution >= 4 is 23.2 Å². The Balaban J connectivity index is 1.28. The number of fused-ring (bicyclic) bond motifs is 6. The Kier molecular flexibility index (Phi) is 3.04. The number of amides is 2. The fraction of sp³-hybridized carbons (Fsp3) is 0.818. The van der Waals surface area contributed by atoms with Crippen LogP contribution in [0.4, 0.5) is 0 Å². The molecule has 4 aliphatic carbocycles. The largest absolute Gasteiger partial charge is 0.368 e. The van der Waals surface area contributed by atoms with Gasteiger partial charge in [0, 0.05) is 24.3 Å². The molecule has 0 unspecified atom stereocenters. The molecule has 0 saturated heterocycles. The predicted octanol–water partition coefficient (Wildman–Crippen LogP) is 1.38. The van der Waals surface area contributed by atoms with Crippen molar-refractivity contribution in [2.24, 2.45) is 56.5 Å². The van der Waals surface area contributed by atoms with E-state index in [1.54, 1.807) is 0 Å². The highest BCUT2D eigenvalue weighted by Crippen LogP contribution is 2.74. The number of carbonyl (C=O) groups is 2. The first kappa shape index (κ1) is 18.9. The van der Waals surface area contributed by atoms with Crippen molar-refractivity contribution in [1.82, 2.24) is 10.0 Å². The molecule has 2 heterocycles. The van der Waals surface area contributed by atoms with Crippen LogP contribution in [-0.2, 0) is 9.59 Å². The standard InChI is InChI=1S/C22H30N4O4/c1-9-13-15-11(19(15,3)4)7-21(13,29)25(23-9)17(27)18(28)26-22(30)8-12-16(20(12,5)6)14(22)10(2)24-26/h11-16,29-30H,7-8H2,1-6H3/t11-,12+,13-,14-,15+,16+,21+,22-/m1/s1. The molecule has 30 heavy (non-hydrogen) atoms. The Morgan fingerprint density at radius 3 is 1.47 bits per heavy atom. The highest BCUT2D eigenvalue weighted by Gasteiger charge is 2.78. The zero-order valence-corrected chi connectivity index (χ0v) is 18.4. The second-order valence-electron chi connectivity index (χ2n) is 11.7. The van der Waals surface area contributed by atoms with Crippen molar-refractivity contribution in [1.29, 1.82) is 0 Å². The first-order valence-electron chi connectivity index (χ1n) is 11.0. The number of hydrogen-bond donors (Lipinski definition) is 2. The minimum atomic E-state index is -1.46. The first-order valence-corrected chi connectivity index (χ1v) is 11.0. The average molecular weight is 415 g/mol. The lowest BCUT2D eigenvalue weighted by atomic mass is 9.84. The topological polar surface area (TPSA) is 106 Å². The minimum absolute atomic E-state index is 0.118. The maximum absolute atomic E-state index is 13.3. The van der Waals surface area contributed by atoms with E-state index in [4.69, 9.17) is 0 Å². The SMILES string of the molecule is CC1=NN(C(=O)C(=O)N2N=C(C)[C@@H]3[C@@H]4[C@@H](C[C@]32O)C4(C)C)[C@@]2(O)C[C@H]3[C@@H]([C@@H]12)C3(C)C. The summed E-state index contributed by atoms with van der Waals surface area (Å²) in [6.45, 7) is 12.3. The van der Waals surface area contributed by atoms with Gasteiger partial charge in [-0.05, 0) is 48.3 Å². The third-order valence-corrected chi connectivity index (χ3v) is 9.75. The van der Waals surface area contributed by atoms with Gasteiger partial charge in [-0.3, -0.25) is 9.59 Å². The molecule has 0 aromatic rings. The van der Waals surface area contributed by atoms with Crippen LogP contribution in [0, 0.1) is 46.3 Å². The van der Waals surface area contributed by atoms with E-state index in [1.165, 1.54) is 0 Å². The molecule has 0 bridgehead atoms. The molecule has 162 valence electrons. The van der Waals surface area contributed by atoms with Gasteiger partial charge in [-0.15, -0.1) is 0 Å². The molecule has 4 saturated carbocycles. The molecule has 8 heteroatoms. The van der Waals surface area contributed by atoms with E-state index < -0.39 is 23.3 Å². The first-order chi connectivity index (χ1) is 13.8. The molecule has 8 atom stereocenters. The van der Waals surface area contributed by atoms with E-state index in [1.807, 2.05) is 13.8 Å². The van der Waals surface area contributed by atoms with E-state index in [9.17, 15) is 19.8 Å². The molecule has 2 aliphatic heterocycles. The number of rotatable bonds is 0. The van der Waals surface area contributed by atoms with Gasteiger partial charge in [0.25, 0.3) is 0 Å². The lowest BCUT2D eigenvalue weighted by molar-refractivity contribution is -0.185. The Morgan fingerprint density at radius 2 is 1.13 bits per heavy atom. The molecule has 6 aliphatic rings. The summed E-state index contributed by atoms with van der Waals surface area (Å²) >= 11 is 0. The van der Waals surface area contributed by atoms with Crippen molar-refractivity contribution in [2.45, 2.75) is 65.8 Å². The summed E-state index contributed by atoms with van der Waals surface area (Å²) in [5.41, 5.74) is -1.29. The van der Waals surface area contributed by atoms with Crippen molar-refractivity contribution in [2.75, 3.05) is 0 Å². The van der Waals surface area contributed by atoms with E-state index in [0.29, 0.717) is 36.1 Å². The van der Waals surface area contributed by atoms with Crippen LogP contribution in [0.2, 0.25) is 0 Å². The van der Waals surface area contributed by atoms with Gasteiger partial charge in [-0.25, -0.2) is 0 Å². The highest BCUT2D eigenvalue weighted by atomic mass is 16.3. The number of nitrogens with zero attached hydrogens (tertiary/aromatic N) is 4. The molecule has 0 aromatic carbocycles. The van der Waals surface area contributed by atoms with Gasteiger partial charge < -0.3 is 10.2 Å². The quantitative estimate of drug-likeness (QED) is 0.584. The van der Waals surface area contributed by atoms with E-state index in [-0.39, 0.29) is 34.5 Å². The predicted molar refractivity (Wildman–Crippen MR) is 108 cm³/mol. The summed E-state index contributed by atoms with van der Waals surface area (Å²) in [7, 11) is 0. The summed E-state index contributed by atoms with van der Waals surface area (Å²) in [6, 6.07) is 0. The maximum Gasteiger partial charge on any atom is 0.336 e. The Morgan fingerprint density at radius 1 is 0.800 bits per heavy atom. The monoisotopic (exact) mass is 414 g/mol. The summed E-state index contributed by atoms with van der Waals surface area (Å²) < 4.78 is 0. The Hall–Kier alpha value is -1.80. The van der Waals surface area contributed by atoms with Gasteiger partial charge in [0.2, 0.25) is 0 Å². The molecule has 8 nitrogen and oxygen atoms in total. The van der Waals surface area contributed by atoms with E-state index >= 15 is 0 Å². The number of hydrazone groups is 2. The van der Waals surface area contributed by atoms with Crippen LogP contribution >= 0.6 is 0 Å². The van der Waals surface area contributed by atoms with Gasteiger partial charge in [0.1, 0.15) is 0 Å². The molecule has 4 fully saturated rings. The second-order valence-corrected chi connectivity index (χ2v) is 11.7. The van der Waals surface area contributed by atoms with Gasteiger partial charge >= 0.3 is 11.8 Å². The molecule has 0 radical (unpaired) electrons. The summed E-state index contributed by atoms with van der Waals surface area (Å²) in [6.07, 6.45) is 0.839. The van der Waals surface area contributed by atoms with Crippen LogP contribution < -0.4 is 0 Å². The Labute approximate surface area is 176 Å². The summed E-state index contributed by atoms with van der Waals surface area (Å²) in [4.78, 5) is 26.5. The molecule has 0 spiro atoms. The van der Waals surface area contributed by atoms with Crippen LogP contribution in [0.1, 0.15) is 54.4 Å². The third-order valence-electron chi connectivity index (χ3n) is 9.75. The van der Waals surface area contributed by atoms with Crippen molar-refractivity contribution < 1.29 is 19.8 Å². The molecule has 0 aromatic heterocycles. The van der Waals surface area contributed by atoms with Crippen LogP contribution in [0.25, 0.3) is 0 Å². The molecular weight excluding hydrogens is 384 g/mol. The van der Waals surface area contributed by atoms with Gasteiger partial charge in [-0.1, -0.05) is 27.7 Å². The van der Waals surface area contributed by atoms with Crippen LogP contribution in [0.5, 0.6) is 0 Å². The van der Waals surface area contributed by atoms with Crippen LogP contribution in [-0.4, -0.2) is 54.9 Å². The summed E-state index contributed by atoms with van der Waals surface area (Å²) in [5, 5.41) is 33.4.